The van der Waals surface area contributed by atoms with E-state index in [1.807, 2.05) is 53.6 Å². The molecule has 2 heterocycles. The van der Waals surface area contributed by atoms with Crippen molar-refractivity contribution in [3.05, 3.63) is 60.4 Å². The summed E-state index contributed by atoms with van der Waals surface area (Å²) in [5.74, 6) is 3.00. The number of hydrogen-bond acceptors (Lipinski definition) is 6. The fourth-order valence-corrected chi connectivity index (χ4v) is 4.25. The number of carbonyl (C=O) groups excluding carboxylic acids is 1. The summed E-state index contributed by atoms with van der Waals surface area (Å²) < 4.78 is 2.02. The van der Waals surface area contributed by atoms with E-state index in [-0.39, 0.29) is 5.91 Å². The lowest BCUT2D eigenvalue weighted by atomic mass is 10.2. The van der Waals surface area contributed by atoms with E-state index < -0.39 is 0 Å². The first kappa shape index (κ1) is 20.4. The van der Waals surface area contributed by atoms with Crippen molar-refractivity contribution >= 4 is 29.4 Å². The van der Waals surface area contributed by atoms with E-state index in [0.717, 1.165) is 34.6 Å². The molecule has 0 unspecified atom stereocenters. The van der Waals surface area contributed by atoms with Crippen LogP contribution in [0.15, 0.2) is 60.0 Å². The van der Waals surface area contributed by atoms with Gasteiger partial charge in [0, 0.05) is 42.6 Å². The number of pyridine rings is 1. The van der Waals surface area contributed by atoms with E-state index >= 15 is 0 Å². The lowest BCUT2D eigenvalue weighted by Gasteiger charge is -2.08. The van der Waals surface area contributed by atoms with E-state index in [4.69, 9.17) is 0 Å². The molecule has 6 nitrogen and oxygen atoms in total. The van der Waals surface area contributed by atoms with Gasteiger partial charge >= 0.3 is 0 Å². The minimum Gasteiger partial charge on any atom is -0.355 e. The zero-order chi connectivity index (χ0) is 19.6. The molecule has 1 N–H and O–H groups in total. The van der Waals surface area contributed by atoms with E-state index in [2.05, 4.69) is 32.6 Å². The number of hydrogen-bond donors (Lipinski definition) is 1. The summed E-state index contributed by atoms with van der Waals surface area (Å²) >= 11 is 3.23. The van der Waals surface area contributed by atoms with Gasteiger partial charge in [-0.15, -0.1) is 10.2 Å². The normalized spacial score (nSPS) is 10.8. The van der Waals surface area contributed by atoms with Crippen LogP contribution in [0.4, 0.5) is 0 Å². The predicted molar refractivity (Wildman–Crippen MR) is 115 cm³/mol. The van der Waals surface area contributed by atoms with Gasteiger partial charge in [0.15, 0.2) is 11.0 Å². The Balaban J connectivity index is 1.41. The van der Waals surface area contributed by atoms with Gasteiger partial charge in [-0.25, -0.2) is 0 Å². The van der Waals surface area contributed by atoms with Crippen molar-refractivity contribution in [2.24, 2.45) is 0 Å². The van der Waals surface area contributed by atoms with Crippen molar-refractivity contribution in [2.45, 2.75) is 24.4 Å². The van der Waals surface area contributed by atoms with E-state index in [9.17, 15) is 4.79 Å². The molecule has 0 saturated heterocycles. The van der Waals surface area contributed by atoms with Crippen LogP contribution < -0.4 is 5.32 Å². The molecule has 0 aliphatic carbocycles. The topological polar surface area (TPSA) is 72.7 Å². The minimum atomic E-state index is 0.0152. The second-order valence-corrected chi connectivity index (χ2v) is 8.01. The van der Waals surface area contributed by atoms with Crippen molar-refractivity contribution in [3.63, 3.8) is 0 Å². The maximum atomic E-state index is 12.1. The zero-order valence-corrected chi connectivity index (χ0v) is 17.4. The molecule has 0 radical (unpaired) electrons. The number of thioether (sulfide) groups is 2. The van der Waals surface area contributed by atoms with Gasteiger partial charge < -0.3 is 9.88 Å². The Hall–Kier alpha value is -2.32. The molecule has 0 atom stereocenters. The quantitative estimate of drug-likeness (QED) is 0.405. The molecule has 1 amide bonds. The van der Waals surface area contributed by atoms with Gasteiger partial charge in [0.25, 0.3) is 0 Å². The van der Waals surface area contributed by atoms with E-state index in [1.165, 1.54) is 17.3 Å². The van der Waals surface area contributed by atoms with Gasteiger partial charge in [0.2, 0.25) is 5.91 Å². The van der Waals surface area contributed by atoms with E-state index in [0.29, 0.717) is 12.3 Å². The molecule has 1 aromatic carbocycles. The van der Waals surface area contributed by atoms with Gasteiger partial charge in [-0.3, -0.25) is 9.78 Å². The minimum absolute atomic E-state index is 0.0152. The molecular weight excluding hydrogens is 390 g/mol. The van der Waals surface area contributed by atoms with Crippen LogP contribution in [0, 0.1) is 0 Å². The van der Waals surface area contributed by atoms with Crippen LogP contribution in [0.25, 0.3) is 11.4 Å². The second-order valence-electron chi connectivity index (χ2n) is 5.96. The summed E-state index contributed by atoms with van der Waals surface area (Å²) in [7, 11) is 0. The number of aromatic nitrogens is 4. The Kier molecular flexibility index (Phi) is 7.93. The van der Waals surface area contributed by atoms with Gasteiger partial charge in [-0.05, 0) is 24.6 Å². The fourth-order valence-electron chi connectivity index (χ4n) is 2.60. The fraction of sp³-hybridized carbons (Fsp3) is 0.300. The molecular formula is C20H23N5OS2. The summed E-state index contributed by atoms with van der Waals surface area (Å²) in [6.07, 6.45) is 3.47. The Morgan fingerprint density at radius 2 is 1.89 bits per heavy atom. The number of rotatable bonds is 10. The van der Waals surface area contributed by atoms with Gasteiger partial charge in [-0.2, -0.15) is 11.8 Å². The summed E-state index contributed by atoms with van der Waals surface area (Å²) in [4.78, 5) is 16.2. The van der Waals surface area contributed by atoms with Crippen molar-refractivity contribution < 1.29 is 4.79 Å². The van der Waals surface area contributed by atoms with Crippen molar-refractivity contribution in [1.82, 2.24) is 25.1 Å². The number of carbonyl (C=O) groups is 1. The van der Waals surface area contributed by atoms with Crippen molar-refractivity contribution in [1.29, 1.82) is 0 Å². The zero-order valence-electron chi connectivity index (χ0n) is 15.7. The highest BCUT2D eigenvalue weighted by molar-refractivity contribution is 7.99. The standard InChI is InChI=1S/C20H23N5OS2/c1-2-25-19(17-8-10-21-11-9-17)23-24-20(25)28-15-18(26)22-12-13-27-14-16-6-4-3-5-7-16/h3-11H,2,12-15H2,1H3,(H,22,26). The van der Waals surface area contributed by atoms with Crippen LogP contribution in [-0.4, -0.2) is 43.7 Å². The summed E-state index contributed by atoms with van der Waals surface area (Å²) in [5, 5.41) is 12.3. The summed E-state index contributed by atoms with van der Waals surface area (Å²) in [5.41, 5.74) is 2.27. The highest BCUT2D eigenvalue weighted by Gasteiger charge is 2.14. The largest absolute Gasteiger partial charge is 0.355 e. The Morgan fingerprint density at radius 3 is 2.64 bits per heavy atom. The lowest BCUT2D eigenvalue weighted by Crippen LogP contribution is -2.27. The third-order valence-electron chi connectivity index (χ3n) is 3.98. The molecule has 0 aliphatic rings. The number of amides is 1. The van der Waals surface area contributed by atoms with Gasteiger partial charge in [-0.1, -0.05) is 42.1 Å². The third kappa shape index (κ3) is 5.84. The van der Waals surface area contributed by atoms with Crippen LogP contribution in [-0.2, 0) is 17.1 Å². The van der Waals surface area contributed by atoms with Crippen LogP contribution in [0.3, 0.4) is 0 Å². The number of nitrogens with zero attached hydrogens (tertiary/aromatic N) is 4. The monoisotopic (exact) mass is 413 g/mol. The maximum absolute atomic E-state index is 12.1. The van der Waals surface area contributed by atoms with Crippen LogP contribution >= 0.6 is 23.5 Å². The van der Waals surface area contributed by atoms with Gasteiger partial charge in [0.05, 0.1) is 5.75 Å². The molecule has 0 spiro atoms. The molecule has 0 aliphatic heterocycles. The average molecular weight is 414 g/mol. The first-order valence-corrected chi connectivity index (χ1v) is 11.3. The number of benzene rings is 1. The Labute approximate surface area is 173 Å². The van der Waals surface area contributed by atoms with Crippen LogP contribution in [0.5, 0.6) is 0 Å². The SMILES string of the molecule is CCn1c(SCC(=O)NCCSCc2ccccc2)nnc1-c1ccncc1. The Bertz CT molecular complexity index is 871. The molecule has 0 saturated carbocycles. The molecule has 3 rings (SSSR count). The molecule has 0 fully saturated rings. The molecule has 28 heavy (non-hydrogen) atoms. The van der Waals surface area contributed by atoms with Gasteiger partial charge in [0.1, 0.15) is 0 Å². The first-order valence-electron chi connectivity index (χ1n) is 9.12. The average Bonchev–Trinajstić information content (AvgIpc) is 3.16. The summed E-state index contributed by atoms with van der Waals surface area (Å²) in [6, 6.07) is 14.2. The Morgan fingerprint density at radius 1 is 1.11 bits per heavy atom. The molecule has 0 bridgehead atoms. The third-order valence-corrected chi connectivity index (χ3v) is 5.98. The number of nitrogens with one attached hydrogen (secondary N) is 1. The molecule has 8 heteroatoms. The lowest BCUT2D eigenvalue weighted by molar-refractivity contribution is -0.118. The highest BCUT2D eigenvalue weighted by atomic mass is 32.2. The second kappa shape index (κ2) is 10.9. The van der Waals surface area contributed by atoms with Crippen molar-refractivity contribution in [2.75, 3.05) is 18.1 Å². The molecule has 146 valence electrons. The smallest absolute Gasteiger partial charge is 0.230 e. The van der Waals surface area contributed by atoms with Crippen LogP contribution in [0.2, 0.25) is 0 Å². The van der Waals surface area contributed by atoms with Crippen LogP contribution in [0.1, 0.15) is 12.5 Å². The molecule has 2 aromatic heterocycles. The van der Waals surface area contributed by atoms with Crippen molar-refractivity contribution in [3.8, 4) is 11.4 Å². The molecule has 3 aromatic rings. The first-order chi connectivity index (χ1) is 13.8. The maximum Gasteiger partial charge on any atom is 0.230 e. The van der Waals surface area contributed by atoms with E-state index in [1.54, 1.807) is 12.4 Å². The highest BCUT2D eigenvalue weighted by Crippen LogP contribution is 2.23. The predicted octanol–water partition coefficient (Wildman–Crippen LogP) is 3.50. The summed E-state index contributed by atoms with van der Waals surface area (Å²) in [6.45, 7) is 3.45.